The van der Waals surface area contributed by atoms with Gasteiger partial charge in [-0.15, -0.1) is 5.10 Å². The molecule has 2 heterocycles. The molecule has 100 valence electrons. The van der Waals surface area contributed by atoms with Gasteiger partial charge in [0.25, 0.3) is 5.91 Å². The molecule has 19 heavy (non-hydrogen) atoms. The number of rotatable bonds is 1. The molecule has 6 nitrogen and oxygen atoms in total. The third-order valence-corrected chi connectivity index (χ3v) is 3.62. The monoisotopic (exact) mass is 259 g/mol. The second-order valence-corrected chi connectivity index (χ2v) is 4.97. The quantitative estimate of drug-likeness (QED) is 0.805. The first-order chi connectivity index (χ1) is 9.16. The van der Waals surface area contributed by atoms with Gasteiger partial charge in [0.1, 0.15) is 5.52 Å². The smallest absolute Gasteiger partial charge is 0.254 e. The van der Waals surface area contributed by atoms with Crippen molar-refractivity contribution in [2.24, 2.45) is 7.05 Å². The highest BCUT2D eigenvalue weighted by atomic mass is 16.2. The van der Waals surface area contributed by atoms with Crippen LogP contribution >= 0.6 is 0 Å². The lowest BCUT2D eigenvalue weighted by molar-refractivity contribution is 0.0656. The molecule has 6 heteroatoms. The van der Waals surface area contributed by atoms with E-state index in [1.807, 2.05) is 30.1 Å². The number of benzene rings is 1. The maximum Gasteiger partial charge on any atom is 0.254 e. The van der Waals surface area contributed by atoms with E-state index in [-0.39, 0.29) is 11.9 Å². The van der Waals surface area contributed by atoms with Crippen molar-refractivity contribution in [3.63, 3.8) is 0 Å². The number of aromatic nitrogens is 3. The summed E-state index contributed by atoms with van der Waals surface area (Å²) in [7, 11) is 1.84. The summed E-state index contributed by atoms with van der Waals surface area (Å²) < 4.78 is 1.71. The molecule has 1 aromatic carbocycles. The number of hydrogen-bond donors (Lipinski definition) is 1. The zero-order valence-corrected chi connectivity index (χ0v) is 11.1. The first-order valence-electron chi connectivity index (χ1n) is 6.48. The summed E-state index contributed by atoms with van der Waals surface area (Å²) in [5, 5.41) is 11.3. The number of carbonyl (C=O) groups excluding carboxylic acids is 1. The number of aryl methyl sites for hydroxylation is 1. The van der Waals surface area contributed by atoms with E-state index in [1.165, 1.54) is 0 Å². The van der Waals surface area contributed by atoms with Crippen LogP contribution in [0.1, 0.15) is 17.3 Å². The summed E-state index contributed by atoms with van der Waals surface area (Å²) in [6.45, 7) is 4.51. The van der Waals surface area contributed by atoms with Gasteiger partial charge in [0, 0.05) is 38.3 Å². The van der Waals surface area contributed by atoms with Gasteiger partial charge in [-0.3, -0.25) is 4.79 Å². The van der Waals surface area contributed by atoms with E-state index in [0.717, 1.165) is 30.7 Å². The minimum atomic E-state index is 0.0709. The Morgan fingerprint density at radius 1 is 1.47 bits per heavy atom. The van der Waals surface area contributed by atoms with Crippen molar-refractivity contribution in [2.75, 3.05) is 19.6 Å². The number of piperazine rings is 1. The van der Waals surface area contributed by atoms with Crippen molar-refractivity contribution >= 4 is 16.9 Å². The number of fused-ring (bicyclic) bond motifs is 1. The Bertz CT molecular complexity index is 621. The fourth-order valence-corrected chi connectivity index (χ4v) is 2.48. The van der Waals surface area contributed by atoms with Gasteiger partial charge in [0.15, 0.2) is 0 Å². The standard InChI is InChI=1S/C13H17N5O/c1-9-8-14-5-6-18(9)13(19)10-3-4-12-11(7-10)15-16-17(12)2/h3-4,7,9,14H,5-6,8H2,1-2H3. The Hall–Kier alpha value is -1.95. The van der Waals surface area contributed by atoms with Crippen molar-refractivity contribution in [1.82, 2.24) is 25.2 Å². The molecule has 2 aromatic rings. The zero-order valence-electron chi connectivity index (χ0n) is 11.1. The van der Waals surface area contributed by atoms with Gasteiger partial charge in [-0.1, -0.05) is 5.21 Å². The molecule has 1 aromatic heterocycles. The van der Waals surface area contributed by atoms with E-state index in [1.54, 1.807) is 4.68 Å². The maximum atomic E-state index is 12.5. The molecule has 1 atom stereocenters. The van der Waals surface area contributed by atoms with Crippen molar-refractivity contribution in [1.29, 1.82) is 0 Å². The van der Waals surface area contributed by atoms with Gasteiger partial charge in [-0.25, -0.2) is 4.68 Å². The van der Waals surface area contributed by atoms with Crippen molar-refractivity contribution in [3.05, 3.63) is 23.8 Å². The molecule has 0 radical (unpaired) electrons. The van der Waals surface area contributed by atoms with Gasteiger partial charge in [0.05, 0.1) is 5.52 Å². The van der Waals surface area contributed by atoms with E-state index in [4.69, 9.17) is 0 Å². The molecule has 0 saturated carbocycles. The molecular weight excluding hydrogens is 242 g/mol. The molecule has 0 aliphatic carbocycles. The molecule has 0 bridgehead atoms. The molecule has 3 rings (SSSR count). The Morgan fingerprint density at radius 2 is 2.32 bits per heavy atom. The van der Waals surface area contributed by atoms with Crippen LogP contribution in [0.3, 0.4) is 0 Å². The lowest BCUT2D eigenvalue weighted by atomic mass is 10.1. The molecule has 0 spiro atoms. The van der Waals surface area contributed by atoms with Crippen LogP contribution in [0.2, 0.25) is 0 Å². The van der Waals surface area contributed by atoms with Crippen LogP contribution in [-0.4, -0.2) is 51.5 Å². The number of nitrogens with zero attached hydrogens (tertiary/aromatic N) is 4. The Labute approximate surface area is 111 Å². The summed E-state index contributed by atoms with van der Waals surface area (Å²) in [4.78, 5) is 14.4. The molecule has 1 saturated heterocycles. The molecule has 1 N–H and O–H groups in total. The molecule has 1 amide bonds. The second kappa shape index (κ2) is 4.62. The third-order valence-electron chi connectivity index (χ3n) is 3.62. The molecule has 1 unspecified atom stereocenters. The van der Waals surface area contributed by atoms with E-state index < -0.39 is 0 Å². The van der Waals surface area contributed by atoms with Crippen LogP contribution in [0.4, 0.5) is 0 Å². The highest BCUT2D eigenvalue weighted by Crippen LogP contribution is 2.16. The van der Waals surface area contributed by atoms with Crippen LogP contribution in [-0.2, 0) is 7.05 Å². The highest BCUT2D eigenvalue weighted by molar-refractivity contribution is 5.97. The number of carbonyl (C=O) groups is 1. The Kier molecular flexibility index (Phi) is 2.94. The summed E-state index contributed by atoms with van der Waals surface area (Å²) in [6.07, 6.45) is 0. The largest absolute Gasteiger partial charge is 0.333 e. The van der Waals surface area contributed by atoms with E-state index in [2.05, 4.69) is 22.6 Å². The lowest BCUT2D eigenvalue weighted by Crippen LogP contribution is -2.52. The molecular formula is C13H17N5O. The number of amides is 1. The predicted octanol–water partition coefficient (Wildman–Crippen LogP) is 0.402. The summed E-state index contributed by atoms with van der Waals surface area (Å²) >= 11 is 0. The molecule has 1 fully saturated rings. The minimum absolute atomic E-state index is 0.0709. The first-order valence-corrected chi connectivity index (χ1v) is 6.48. The SMILES string of the molecule is CC1CNCCN1C(=O)c1ccc2c(c1)nnn2C. The number of nitrogens with one attached hydrogen (secondary N) is 1. The van der Waals surface area contributed by atoms with Gasteiger partial charge < -0.3 is 10.2 Å². The molecule has 1 aliphatic rings. The van der Waals surface area contributed by atoms with Crippen molar-refractivity contribution < 1.29 is 4.79 Å². The Morgan fingerprint density at radius 3 is 3.11 bits per heavy atom. The first kappa shape index (κ1) is 12.1. The second-order valence-electron chi connectivity index (χ2n) is 4.97. The zero-order chi connectivity index (χ0) is 13.4. The average Bonchev–Trinajstić information content (AvgIpc) is 2.80. The fraction of sp³-hybridized carbons (Fsp3) is 0.462. The average molecular weight is 259 g/mol. The topological polar surface area (TPSA) is 63.1 Å². The van der Waals surface area contributed by atoms with Gasteiger partial charge >= 0.3 is 0 Å². The predicted molar refractivity (Wildman–Crippen MR) is 71.9 cm³/mol. The van der Waals surface area contributed by atoms with E-state index in [0.29, 0.717) is 5.56 Å². The number of hydrogen-bond acceptors (Lipinski definition) is 4. The van der Waals surface area contributed by atoms with E-state index in [9.17, 15) is 4.79 Å². The van der Waals surface area contributed by atoms with Crippen molar-refractivity contribution in [3.8, 4) is 0 Å². The lowest BCUT2D eigenvalue weighted by Gasteiger charge is -2.34. The summed E-state index contributed by atoms with van der Waals surface area (Å²) in [6, 6.07) is 5.79. The fourth-order valence-electron chi connectivity index (χ4n) is 2.48. The maximum absolute atomic E-state index is 12.5. The summed E-state index contributed by atoms with van der Waals surface area (Å²) in [5.41, 5.74) is 2.38. The van der Waals surface area contributed by atoms with E-state index >= 15 is 0 Å². The summed E-state index contributed by atoms with van der Waals surface area (Å²) in [5.74, 6) is 0.0709. The molecule has 1 aliphatic heterocycles. The van der Waals surface area contributed by atoms with Crippen LogP contribution in [0.5, 0.6) is 0 Å². The normalized spacial score (nSPS) is 19.9. The van der Waals surface area contributed by atoms with Gasteiger partial charge in [-0.05, 0) is 25.1 Å². The van der Waals surface area contributed by atoms with Crippen LogP contribution in [0, 0.1) is 0 Å². The van der Waals surface area contributed by atoms with Crippen LogP contribution in [0.15, 0.2) is 18.2 Å². The third kappa shape index (κ3) is 2.08. The van der Waals surface area contributed by atoms with Crippen LogP contribution < -0.4 is 5.32 Å². The highest BCUT2D eigenvalue weighted by Gasteiger charge is 2.24. The van der Waals surface area contributed by atoms with Crippen molar-refractivity contribution in [2.45, 2.75) is 13.0 Å². The Balaban J connectivity index is 1.92. The van der Waals surface area contributed by atoms with Gasteiger partial charge in [-0.2, -0.15) is 0 Å². The minimum Gasteiger partial charge on any atom is -0.333 e. The van der Waals surface area contributed by atoms with Crippen LogP contribution in [0.25, 0.3) is 11.0 Å². The van der Waals surface area contributed by atoms with Gasteiger partial charge in [0.2, 0.25) is 0 Å².